The van der Waals surface area contributed by atoms with Gasteiger partial charge in [-0.3, -0.25) is 4.79 Å². The van der Waals surface area contributed by atoms with Crippen LogP contribution in [0.15, 0.2) is 12.1 Å². The van der Waals surface area contributed by atoms with Crippen LogP contribution < -0.4 is 4.74 Å². The minimum Gasteiger partial charge on any atom is -0.494 e. The number of hydrogen-bond donors (Lipinski definition) is 0. The second kappa shape index (κ2) is 3.98. The fourth-order valence-corrected chi connectivity index (χ4v) is 0.897. The number of halogens is 2. The van der Waals surface area contributed by atoms with Crippen molar-refractivity contribution in [1.29, 1.82) is 0 Å². The summed E-state index contributed by atoms with van der Waals surface area (Å²) in [7, 11) is 0. The van der Waals surface area contributed by atoms with Gasteiger partial charge in [0.1, 0.15) is 17.4 Å². The number of hydrogen-bond acceptors (Lipinski definition) is 2. The van der Waals surface area contributed by atoms with E-state index < -0.39 is 17.2 Å². The third kappa shape index (κ3) is 2.02. The molecule has 0 bridgehead atoms. The van der Waals surface area contributed by atoms with Gasteiger partial charge in [0.15, 0.2) is 0 Å². The molecule has 0 fully saturated rings. The first-order valence-electron chi connectivity index (χ1n) is 3.69. The van der Waals surface area contributed by atoms with Crippen molar-refractivity contribution in [3.8, 4) is 5.75 Å². The normalized spacial score (nSPS) is 9.77. The molecule has 0 atom stereocenters. The van der Waals surface area contributed by atoms with E-state index in [1.807, 2.05) is 0 Å². The molecular formula is C9H7F2O2. The quantitative estimate of drug-likeness (QED) is 0.717. The Balaban J connectivity index is 3.12. The van der Waals surface area contributed by atoms with Crippen LogP contribution >= 0.6 is 0 Å². The van der Waals surface area contributed by atoms with Crippen molar-refractivity contribution in [1.82, 2.24) is 0 Å². The van der Waals surface area contributed by atoms with Crippen molar-refractivity contribution in [2.45, 2.75) is 6.92 Å². The Morgan fingerprint density at radius 2 is 1.92 bits per heavy atom. The Morgan fingerprint density at radius 1 is 1.38 bits per heavy atom. The number of rotatable bonds is 3. The Hall–Kier alpha value is -1.45. The Labute approximate surface area is 74.1 Å². The molecule has 4 heteroatoms. The van der Waals surface area contributed by atoms with E-state index in [1.54, 1.807) is 6.92 Å². The average molecular weight is 185 g/mol. The largest absolute Gasteiger partial charge is 0.494 e. The van der Waals surface area contributed by atoms with E-state index in [9.17, 15) is 13.6 Å². The molecule has 0 aliphatic carbocycles. The van der Waals surface area contributed by atoms with Crippen LogP contribution in [0, 0.1) is 11.6 Å². The van der Waals surface area contributed by atoms with E-state index in [0.29, 0.717) is 6.61 Å². The molecule has 0 heterocycles. The highest BCUT2D eigenvalue weighted by atomic mass is 19.1. The predicted molar refractivity (Wildman–Crippen MR) is 42.3 cm³/mol. The summed E-state index contributed by atoms with van der Waals surface area (Å²) in [5, 5.41) is 0. The lowest BCUT2D eigenvalue weighted by atomic mass is 10.2. The van der Waals surface area contributed by atoms with Crippen molar-refractivity contribution in [2.75, 3.05) is 6.61 Å². The molecule has 1 rings (SSSR count). The van der Waals surface area contributed by atoms with Crippen molar-refractivity contribution in [3.63, 3.8) is 0 Å². The third-order valence-corrected chi connectivity index (χ3v) is 1.43. The highest BCUT2D eigenvalue weighted by Crippen LogP contribution is 2.19. The molecule has 0 N–H and O–H groups in total. The van der Waals surface area contributed by atoms with E-state index >= 15 is 0 Å². The molecule has 1 aromatic rings. The molecule has 13 heavy (non-hydrogen) atoms. The van der Waals surface area contributed by atoms with E-state index in [1.165, 1.54) is 6.29 Å². The van der Waals surface area contributed by atoms with Gasteiger partial charge in [-0.1, -0.05) is 0 Å². The topological polar surface area (TPSA) is 26.3 Å². The summed E-state index contributed by atoms with van der Waals surface area (Å²) in [6, 6.07) is 1.90. The lowest BCUT2D eigenvalue weighted by molar-refractivity contribution is 0.335. The average Bonchev–Trinajstić information content (AvgIpc) is 2.04. The van der Waals surface area contributed by atoms with Gasteiger partial charge in [-0.25, -0.2) is 8.78 Å². The number of carbonyl (C=O) groups excluding carboxylic acids is 1. The summed E-state index contributed by atoms with van der Waals surface area (Å²) in [6.07, 6.45) is 1.18. The fourth-order valence-electron chi connectivity index (χ4n) is 0.897. The van der Waals surface area contributed by atoms with Gasteiger partial charge in [-0.2, -0.15) is 0 Å². The van der Waals surface area contributed by atoms with E-state index in [4.69, 9.17) is 4.74 Å². The molecule has 1 aromatic carbocycles. The van der Waals surface area contributed by atoms with Crippen molar-refractivity contribution in [3.05, 3.63) is 29.3 Å². The van der Waals surface area contributed by atoms with Gasteiger partial charge in [0, 0.05) is 12.1 Å². The summed E-state index contributed by atoms with van der Waals surface area (Å²) < 4.78 is 30.6. The Bertz CT molecular complexity index is 300. The zero-order chi connectivity index (χ0) is 9.84. The standard InChI is InChI=1S/C9H7F2O2/c1-2-13-6-3-8(10)7(5-12)9(11)4-6/h3-4H,2H2,1H3. The minimum absolute atomic E-state index is 0.0662. The molecule has 0 spiro atoms. The van der Waals surface area contributed by atoms with Gasteiger partial charge in [-0.15, -0.1) is 0 Å². The maximum absolute atomic E-state index is 12.9. The third-order valence-electron chi connectivity index (χ3n) is 1.43. The maximum Gasteiger partial charge on any atom is 0.239 e. The van der Waals surface area contributed by atoms with Crippen LogP contribution in [0.5, 0.6) is 5.75 Å². The zero-order valence-corrected chi connectivity index (χ0v) is 6.93. The first-order valence-corrected chi connectivity index (χ1v) is 3.69. The molecule has 0 aliphatic rings. The van der Waals surface area contributed by atoms with Gasteiger partial charge in [0.05, 0.1) is 12.2 Å². The first-order chi connectivity index (χ1) is 6.19. The molecular weight excluding hydrogens is 178 g/mol. The highest BCUT2D eigenvalue weighted by molar-refractivity contribution is 5.76. The summed E-state index contributed by atoms with van der Waals surface area (Å²) in [5.74, 6) is -1.85. The van der Waals surface area contributed by atoms with Gasteiger partial charge in [-0.05, 0) is 6.92 Å². The predicted octanol–water partition coefficient (Wildman–Crippen LogP) is 1.82. The van der Waals surface area contributed by atoms with E-state index in [2.05, 4.69) is 0 Å². The lowest BCUT2D eigenvalue weighted by Crippen LogP contribution is -1.98. The van der Waals surface area contributed by atoms with Crippen molar-refractivity contribution in [2.24, 2.45) is 0 Å². The first kappa shape index (κ1) is 9.64. The fraction of sp³-hybridized carbons (Fsp3) is 0.222. The van der Waals surface area contributed by atoms with Crippen LogP contribution in [0.4, 0.5) is 8.78 Å². The molecule has 0 saturated heterocycles. The van der Waals surface area contributed by atoms with Crippen LogP contribution in [0.2, 0.25) is 0 Å². The second-order valence-electron chi connectivity index (χ2n) is 2.30. The van der Waals surface area contributed by atoms with Gasteiger partial charge < -0.3 is 4.74 Å². The second-order valence-corrected chi connectivity index (χ2v) is 2.30. The van der Waals surface area contributed by atoms with Crippen LogP contribution in [0.25, 0.3) is 0 Å². The summed E-state index contributed by atoms with van der Waals surface area (Å²) in [4.78, 5) is 10.1. The smallest absolute Gasteiger partial charge is 0.239 e. The molecule has 1 radical (unpaired) electrons. The highest BCUT2D eigenvalue weighted by Gasteiger charge is 2.11. The molecule has 0 saturated carbocycles. The monoisotopic (exact) mass is 185 g/mol. The Kier molecular flexibility index (Phi) is 2.95. The van der Waals surface area contributed by atoms with Gasteiger partial charge in [0.25, 0.3) is 0 Å². The molecule has 0 aromatic heterocycles. The summed E-state index contributed by atoms with van der Waals surface area (Å²) >= 11 is 0. The van der Waals surface area contributed by atoms with E-state index in [-0.39, 0.29) is 5.75 Å². The maximum atomic E-state index is 12.9. The zero-order valence-electron chi connectivity index (χ0n) is 6.93. The molecule has 0 unspecified atom stereocenters. The van der Waals surface area contributed by atoms with Crippen LogP contribution in [-0.4, -0.2) is 12.9 Å². The molecule has 69 valence electrons. The van der Waals surface area contributed by atoms with Crippen LogP contribution in [0.3, 0.4) is 0 Å². The molecule has 0 aliphatic heterocycles. The van der Waals surface area contributed by atoms with Gasteiger partial charge >= 0.3 is 0 Å². The van der Waals surface area contributed by atoms with Crippen LogP contribution in [0.1, 0.15) is 12.5 Å². The summed E-state index contributed by atoms with van der Waals surface area (Å²) in [5.41, 5.74) is -0.691. The number of benzene rings is 1. The minimum atomic E-state index is -0.960. The van der Waals surface area contributed by atoms with Crippen LogP contribution in [-0.2, 0) is 4.79 Å². The van der Waals surface area contributed by atoms with Crippen molar-refractivity contribution >= 4 is 6.29 Å². The lowest BCUT2D eigenvalue weighted by Gasteiger charge is -2.03. The molecule has 0 amide bonds. The number of ether oxygens (including phenoxy) is 1. The summed E-state index contributed by atoms with van der Waals surface area (Å²) in [6.45, 7) is 2.00. The van der Waals surface area contributed by atoms with Crippen molar-refractivity contribution < 1.29 is 18.3 Å². The Morgan fingerprint density at radius 3 is 2.31 bits per heavy atom. The SMILES string of the molecule is CCOc1cc(F)c([C]=O)c(F)c1. The molecule has 2 nitrogen and oxygen atoms in total. The van der Waals surface area contributed by atoms with E-state index in [0.717, 1.165) is 12.1 Å². The van der Waals surface area contributed by atoms with Gasteiger partial charge in [0.2, 0.25) is 6.29 Å².